The molecule has 24 heavy (non-hydrogen) atoms. The lowest BCUT2D eigenvalue weighted by atomic mass is 10.0. The van der Waals surface area contributed by atoms with Crippen LogP contribution in [0.5, 0.6) is 0 Å². The molecule has 0 amide bonds. The van der Waals surface area contributed by atoms with Gasteiger partial charge in [0.05, 0.1) is 11.6 Å². The van der Waals surface area contributed by atoms with Gasteiger partial charge in [0, 0.05) is 11.3 Å². The Kier molecular flexibility index (Phi) is 3.42. The standard InChI is InChI=1S/C18H14FN5/c1-11-6-7-12(10-15(11)19)13-4-2-3-5-16(13)21-17-14-8-9-20-22-18(14)24-23-17/h2-10H,1H3,(H2,21,22,23,24). The Labute approximate surface area is 137 Å². The molecule has 0 aliphatic rings. The minimum atomic E-state index is -0.220. The number of rotatable bonds is 3. The van der Waals surface area contributed by atoms with E-state index in [1.807, 2.05) is 36.4 Å². The molecule has 2 heterocycles. The van der Waals surface area contributed by atoms with Crippen LogP contribution in [0.1, 0.15) is 5.56 Å². The molecule has 0 aliphatic carbocycles. The summed E-state index contributed by atoms with van der Waals surface area (Å²) in [6.07, 6.45) is 1.62. The van der Waals surface area contributed by atoms with Crippen LogP contribution in [0.2, 0.25) is 0 Å². The summed E-state index contributed by atoms with van der Waals surface area (Å²) in [5.41, 5.74) is 3.78. The number of aromatic amines is 1. The molecule has 0 radical (unpaired) electrons. The average molecular weight is 319 g/mol. The predicted molar refractivity (Wildman–Crippen MR) is 91.5 cm³/mol. The Balaban J connectivity index is 1.78. The number of hydrogen-bond acceptors (Lipinski definition) is 4. The third-order valence-corrected chi connectivity index (χ3v) is 3.91. The molecule has 6 heteroatoms. The molecule has 0 saturated carbocycles. The number of hydrogen-bond donors (Lipinski definition) is 2. The number of nitrogens with one attached hydrogen (secondary N) is 2. The lowest BCUT2D eigenvalue weighted by Crippen LogP contribution is -1.95. The van der Waals surface area contributed by atoms with E-state index in [2.05, 4.69) is 25.7 Å². The number of para-hydroxylation sites is 1. The van der Waals surface area contributed by atoms with E-state index < -0.39 is 0 Å². The Bertz CT molecular complexity index is 1020. The molecule has 0 atom stereocenters. The molecule has 0 saturated heterocycles. The van der Waals surface area contributed by atoms with Gasteiger partial charge in [0.1, 0.15) is 5.82 Å². The highest BCUT2D eigenvalue weighted by molar-refractivity contribution is 5.91. The van der Waals surface area contributed by atoms with Crippen molar-refractivity contribution in [3.63, 3.8) is 0 Å². The molecule has 118 valence electrons. The molecule has 2 aromatic carbocycles. The van der Waals surface area contributed by atoms with Crippen LogP contribution >= 0.6 is 0 Å². The van der Waals surface area contributed by atoms with Gasteiger partial charge in [0.2, 0.25) is 0 Å². The molecule has 0 unspecified atom stereocenters. The highest BCUT2D eigenvalue weighted by atomic mass is 19.1. The number of anilines is 2. The second-order valence-electron chi connectivity index (χ2n) is 5.50. The predicted octanol–water partition coefficient (Wildman–Crippen LogP) is 4.21. The number of halogens is 1. The van der Waals surface area contributed by atoms with Gasteiger partial charge in [-0.25, -0.2) is 4.39 Å². The van der Waals surface area contributed by atoms with E-state index in [9.17, 15) is 4.39 Å². The normalized spacial score (nSPS) is 10.9. The molecule has 2 N–H and O–H groups in total. The lowest BCUT2D eigenvalue weighted by Gasteiger charge is -2.11. The minimum absolute atomic E-state index is 0.220. The SMILES string of the molecule is Cc1ccc(-c2ccccc2Nc2n[nH]c3nnccc23)cc1F. The first-order chi connectivity index (χ1) is 11.7. The number of benzene rings is 2. The second kappa shape index (κ2) is 5.73. The Morgan fingerprint density at radius 1 is 1.08 bits per heavy atom. The van der Waals surface area contributed by atoms with Gasteiger partial charge >= 0.3 is 0 Å². The summed E-state index contributed by atoms with van der Waals surface area (Å²) in [4.78, 5) is 0. The zero-order valence-electron chi connectivity index (χ0n) is 12.9. The summed E-state index contributed by atoms with van der Waals surface area (Å²) < 4.78 is 13.9. The van der Waals surface area contributed by atoms with Crippen molar-refractivity contribution < 1.29 is 4.39 Å². The fourth-order valence-electron chi connectivity index (χ4n) is 2.60. The lowest BCUT2D eigenvalue weighted by molar-refractivity contribution is 0.619. The van der Waals surface area contributed by atoms with Crippen LogP contribution in [0.3, 0.4) is 0 Å². The van der Waals surface area contributed by atoms with Crippen molar-refractivity contribution in [3.8, 4) is 11.1 Å². The zero-order valence-corrected chi connectivity index (χ0v) is 12.9. The van der Waals surface area contributed by atoms with E-state index in [0.717, 1.165) is 22.2 Å². The van der Waals surface area contributed by atoms with Crippen LogP contribution < -0.4 is 5.32 Å². The van der Waals surface area contributed by atoms with Crippen molar-refractivity contribution in [2.24, 2.45) is 0 Å². The highest BCUT2D eigenvalue weighted by Gasteiger charge is 2.11. The first kappa shape index (κ1) is 14.3. The molecular formula is C18H14FN5. The largest absolute Gasteiger partial charge is 0.338 e. The van der Waals surface area contributed by atoms with E-state index in [1.54, 1.807) is 25.3 Å². The van der Waals surface area contributed by atoms with Gasteiger partial charge in [0.25, 0.3) is 0 Å². The Hall–Kier alpha value is -3.28. The van der Waals surface area contributed by atoms with Crippen molar-refractivity contribution >= 4 is 22.5 Å². The number of fused-ring (bicyclic) bond motifs is 1. The van der Waals surface area contributed by atoms with Crippen LogP contribution in [-0.2, 0) is 0 Å². The van der Waals surface area contributed by atoms with Gasteiger partial charge in [-0.05, 0) is 36.2 Å². The fourth-order valence-corrected chi connectivity index (χ4v) is 2.60. The van der Waals surface area contributed by atoms with Crippen LogP contribution in [0.15, 0.2) is 54.7 Å². The van der Waals surface area contributed by atoms with Crippen molar-refractivity contribution in [1.82, 2.24) is 20.4 Å². The van der Waals surface area contributed by atoms with Gasteiger partial charge in [-0.3, -0.25) is 5.10 Å². The molecule has 0 fully saturated rings. The zero-order chi connectivity index (χ0) is 16.5. The Morgan fingerprint density at radius 3 is 2.83 bits per heavy atom. The van der Waals surface area contributed by atoms with Crippen molar-refractivity contribution in [2.75, 3.05) is 5.32 Å². The van der Waals surface area contributed by atoms with E-state index >= 15 is 0 Å². The van der Waals surface area contributed by atoms with Crippen molar-refractivity contribution in [1.29, 1.82) is 0 Å². The molecule has 2 aromatic heterocycles. The third kappa shape index (κ3) is 2.48. The summed E-state index contributed by atoms with van der Waals surface area (Å²) in [6, 6.07) is 14.8. The maximum Gasteiger partial charge on any atom is 0.180 e. The number of nitrogens with zero attached hydrogens (tertiary/aromatic N) is 3. The van der Waals surface area contributed by atoms with E-state index in [1.165, 1.54) is 0 Å². The first-order valence-corrected chi connectivity index (χ1v) is 7.51. The second-order valence-corrected chi connectivity index (χ2v) is 5.50. The molecule has 0 spiro atoms. The molecule has 0 aliphatic heterocycles. The molecule has 0 bridgehead atoms. The first-order valence-electron chi connectivity index (χ1n) is 7.51. The van der Waals surface area contributed by atoms with Crippen molar-refractivity contribution in [2.45, 2.75) is 6.92 Å². The van der Waals surface area contributed by atoms with E-state index in [-0.39, 0.29) is 5.82 Å². The number of aromatic nitrogens is 4. The molecule has 5 nitrogen and oxygen atoms in total. The van der Waals surface area contributed by atoms with Gasteiger partial charge in [0.15, 0.2) is 11.5 Å². The maximum atomic E-state index is 13.9. The summed E-state index contributed by atoms with van der Waals surface area (Å²) >= 11 is 0. The molecule has 4 rings (SSSR count). The highest BCUT2D eigenvalue weighted by Crippen LogP contribution is 2.32. The number of aryl methyl sites for hydroxylation is 1. The Morgan fingerprint density at radius 2 is 1.96 bits per heavy atom. The van der Waals surface area contributed by atoms with E-state index in [4.69, 9.17) is 0 Å². The molecular weight excluding hydrogens is 305 g/mol. The summed E-state index contributed by atoms with van der Waals surface area (Å²) in [6.45, 7) is 1.75. The fraction of sp³-hybridized carbons (Fsp3) is 0.0556. The molecule has 4 aromatic rings. The summed E-state index contributed by atoms with van der Waals surface area (Å²) in [5, 5.41) is 19.0. The minimum Gasteiger partial charge on any atom is -0.338 e. The topological polar surface area (TPSA) is 66.5 Å². The smallest absolute Gasteiger partial charge is 0.180 e. The average Bonchev–Trinajstić information content (AvgIpc) is 3.01. The van der Waals surface area contributed by atoms with Crippen LogP contribution in [0.4, 0.5) is 15.9 Å². The van der Waals surface area contributed by atoms with Gasteiger partial charge in [-0.15, -0.1) is 5.10 Å². The van der Waals surface area contributed by atoms with Crippen LogP contribution in [0.25, 0.3) is 22.2 Å². The van der Waals surface area contributed by atoms with E-state index in [0.29, 0.717) is 17.0 Å². The van der Waals surface area contributed by atoms with Crippen LogP contribution in [-0.4, -0.2) is 20.4 Å². The summed E-state index contributed by atoms with van der Waals surface area (Å²) in [5.74, 6) is 0.433. The summed E-state index contributed by atoms with van der Waals surface area (Å²) in [7, 11) is 0. The van der Waals surface area contributed by atoms with Gasteiger partial charge in [-0.2, -0.15) is 10.2 Å². The quantitative estimate of drug-likeness (QED) is 0.593. The van der Waals surface area contributed by atoms with Gasteiger partial charge < -0.3 is 5.32 Å². The third-order valence-electron chi connectivity index (χ3n) is 3.91. The number of H-pyrrole nitrogens is 1. The van der Waals surface area contributed by atoms with Crippen LogP contribution in [0, 0.1) is 12.7 Å². The van der Waals surface area contributed by atoms with Gasteiger partial charge in [-0.1, -0.05) is 30.3 Å². The maximum absolute atomic E-state index is 13.9. The monoisotopic (exact) mass is 319 g/mol. The van der Waals surface area contributed by atoms with Crippen molar-refractivity contribution in [3.05, 3.63) is 66.1 Å².